The maximum atomic E-state index is 12.2. The fourth-order valence-corrected chi connectivity index (χ4v) is 3.32. The third kappa shape index (κ3) is 3.55. The lowest BCUT2D eigenvalue weighted by molar-refractivity contribution is 0.475. The highest BCUT2D eigenvalue weighted by atomic mass is 32.2. The summed E-state index contributed by atoms with van der Waals surface area (Å²) in [5.41, 5.74) is 6.75. The minimum Gasteiger partial charge on any atom is -0.330 e. The molecular formula is C14H22N2O2S. The van der Waals surface area contributed by atoms with Gasteiger partial charge in [-0.3, -0.25) is 0 Å². The van der Waals surface area contributed by atoms with Crippen molar-refractivity contribution < 1.29 is 8.42 Å². The van der Waals surface area contributed by atoms with Crippen LogP contribution in [0.15, 0.2) is 29.2 Å². The van der Waals surface area contributed by atoms with Gasteiger partial charge in [0.1, 0.15) is 0 Å². The van der Waals surface area contributed by atoms with Gasteiger partial charge < -0.3 is 5.73 Å². The molecule has 0 aliphatic heterocycles. The first-order valence-corrected chi connectivity index (χ1v) is 8.28. The van der Waals surface area contributed by atoms with E-state index >= 15 is 0 Å². The number of nitrogens with one attached hydrogen (secondary N) is 1. The van der Waals surface area contributed by atoms with Gasteiger partial charge in [0.05, 0.1) is 4.90 Å². The van der Waals surface area contributed by atoms with Crippen molar-refractivity contribution in [1.82, 2.24) is 4.72 Å². The summed E-state index contributed by atoms with van der Waals surface area (Å²) in [5, 5.41) is 0. The highest BCUT2D eigenvalue weighted by molar-refractivity contribution is 7.89. The second-order valence-corrected chi connectivity index (χ2v) is 7.13. The van der Waals surface area contributed by atoms with Crippen LogP contribution in [0.1, 0.15) is 31.7 Å². The Labute approximate surface area is 115 Å². The van der Waals surface area contributed by atoms with E-state index in [-0.39, 0.29) is 5.41 Å². The molecule has 106 valence electrons. The van der Waals surface area contributed by atoms with Crippen LogP contribution in [0.3, 0.4) is 0 Å². The number of benzene rings is 1. The van der Waals surface area contributed by atoms with Crippen molar-refractivity contribution in [2.45, 2.75) is 37.5 Å². The van der Waals surface area contributed by atoms with E-state index < -0.39 is 10.0 Å². The monoisotopic (exact) mass is 282 g/mol. The SMILES string of the molecule is CCC1(CNS(=O)(=O)c2ccc(CCN)cc2)CC1. The third-order valence-electron chi connectivity index (χ3n) is 4.01. The predicted molar refractivity (Wildman–Crippen MR) is 76.3 cm³/mol. The maximum absolute atomic E-state index is 12.2. The Balaban J connectivity index is 2.02. The van der Waals surface area contributed by atoms with E-state index in [1.807, 2.05) is 12.1 Å². The first-order valence-electron chi connectivity index (χ1n) is 6.80. The Bertz CT molecular complexity index is 519. The van der Waals surface area contributed by atoms with Gasteiger partial charge in [0.2, 0.25) is 10.0 Å². The van der Waals surface area contributed by atoms with Crippen molar-refractivity contribution in [3.8, 4) is 0 Å². The average molecular weight is 282 g/mol. The quantitative estimate of drug-likeness (QED) is 0.799. The zero-order valence-electron chi connectivity index (χ0n) is 11.4. The van der Waals surface area contributed by atoms with Crippen LogP contribution in [0.5, 0.6) is 0 Å². The van der Waals surface area contributed by atoms with Gasteiger partial charge in [0.25, 0.3) is 0 Å². The lowest BCUT2D eigenvalue weighted by Crippen LogP contribution is -2.30. The molecule has 0 aromatic heterocycles. The molecule has 2 rings (SSSR count). The van der Waals surface area contributed by atoms with Gasteiger partial charge in [-0.15, -0.1) is 0 Å². The molecule has 1 saturated carbocycles. The Morgan fingerprint density at radius 3 is 2.37 bits per heavy atom. The van der Waals surface area contributed by atoms with Gasteiger partial charge in [-0.05, 0) is 55.3 Å². The molecule has 1 aliphatic carbocycles. The van der Waals surface area contributed by atoms with Crippen LogP contribution in [-0.4, -0.2) is 21.5 Å². The number of hydrogen-bond donors (Lipinski definition) is 2. The summed E-state index contributed by atoms with van der Waals surface area (Å²) in [7, 11) is -3.38. The normalized spacial score (nSPS) is 17.4. The molecule has 1 aliphatic rings. The van der Waals surface area contributed by atoms with Gasteiger partial charge in [0.15, 0.2) is 0 Å². The van der Waals surface area contributed by atoms with Crippen molar-refractivity contribution in [3.05, 3.63) is 29.8 Å². The van der Waals surface area contributed by atoms with Gasteiger partial charge in [-0.1, -0.05) is 19.1 Å². The predicted octanol–water partition coefficient (Wildman–Crippen LogP) is 1.66. The lowest BCUT2D eigenvalue weighted by atomic mass is 10.1. The van der Waals surface area contributed by atoms with Gasteiger partial charge in [-0.2, -0.15) is 0 Å². The van der Waals surface area contributed by atoms with Gasteiger partial charge in [-0.25, -0.2) is 13.1 Å². The average Bonchev–Trinajstić information content (AvgIpc) is 3.18. The second-order valence-electron chi connectivity index (χ2n) is 5.36. The summed E-state index contributed by atoms with van der Waals surface area (Å²) in [4.78, 5) is 0.333. The van der Waals surface area contributed by atoms with Crippen LogP contribution in [0.4, 0.5) is 0 Å². The van der Waals surface area contributed by atoms with E-state index in [0.717, 1.165) is 31.2 Å². The minimum atomic E-state index is -3.38. The molecule has 0 spiro atoms. The van der Waals surface area contributed by atoms with Crippen molar-refractivity contribution in [1.29, 1.82) is 0 Å². The van der Waals surface area contributed by atoms with E-state index in [9.17, 15) is 8.42 Å². The molecular weight excluding hydrogens is 260 g/mol. The van der Waals surface area contributed by atoms with E-state index in [1.165, 1.54) is 0 Å². The van der Waals surface area contributed by atoms with Gasteiger partial charge >= 0.3 is 0 Å². The van der Waals surface area contributed by atoms with Crippen molar-refractivity contribution >= 4 is 10.0 Å². The van der Waals surface area contributed by atoms with Crippen molar-refractivity contribution in [2.24, 2.45) is 11.1 Å². The summed E-state index contributed by atoms with van der Waals surface area (Å²) < 4.78 is 27.0. The first-order chi connectivity index (χ1) is 9.01. The largest absolute Gasteiger partial charge is 0.330 e. The molecule has 1 aromatic rings. The molecule has 5 heteroatoms. The summed E-state index contributed by atoms with van der Waals surface area (Å²) in [6, 6.07) is 6.96. The van der Waals surface area contributed by atoms with E-state index in [0.29, 0.717) is 18.0 Å². The third-order valence-corrected chi connectivity index (χ3v) is 5.43. The highest BCUT2D eigenvalue weighted by Crippen LogP contribution is 2.48. The van der Waals surface area contributed by atoms with Crippen LogP contribution >= 0.6 is 0 Å². The summed E-state index contributed by atoms with van der Waals surface area (Å²) in [6.07, 6.45) is 4.06. The second kappa shape index (κ2) is 5.61. The van der Waals surface area contributed by atoms with Crippen molar-refractivity contribution in [2.75, 3.05) is 13.1 Å². The molecule has 1 fully saturated rings. The van der Waals surface area contributed by atoms with Crippen LogP contribution in [0.2, 0.25) is 0 Å². The number of nitrogens with two attached hydrogens (primary N) is 1. The minimum absolute atomic E-state index is 0.215. The molecule has 3 N–H and O–H groups in total. The molecule has 19 heavy (non-hydrogen) atoms. The number of rotatable bonds is 7. The van der Waals surface area contributed by atoms with E-state index in [2.05, 4.69) is 11.6 Å². The first kappa shape index (κ1) is 14.5. The standard InChI is InChI=1S/C14H22N2O2S/c1-2-14(8-9-14)11-16-19(17,18)13-5-3-12(4-6-13)7-10-15/h3-6,16H,2,7-11,15H2,1H3. The summed E-state index contributed by atoms with van der Waals surface area (Å²) in [5.74, 6) is 0. The number of hydrogen-bond acceptors (Lipinski definition) is 3. The maximum Gasteiger partial charge on any atom is 0.240 e. The zero-order chi connectivity index (χ0) is 13.9. The summed E-state index contributed by atoms with van der Waals surface area (Å²) >= 11 is 0. The highest BCUT2D eigenvalue weighted by Gasteiger charge is 2.41. The topological polar surface area (TPSA) is 72.2 Å². The smallest absolute Gasteiger partial charge is 0.240 e. The lowest BCUT2D eigenvalue weighted by Gasteiger charge is -2.14. The fourth-order valence-electron chi connectivity index (χ4n) is 2.17. The Morgan fingerprint density at radius 2 is 1.89 bits per heavy atom. The molecule has 0 heterocycles. The number of sulfonamides is 1. The van der Waals surface area contributed by atoms with E-state index in [1.54, 1.807) is 12.1 Å². The zero-order valence-corrected chi connectivity index (χ0v) is 12.2. The molecule has 0 bridgehead atoms. The Morgan fingerprint density at radius 1 is 1.26 bits per heavy atom. The molecule has 0 amide bonds. The van der Waals surface area contributed by atoms with Crippen molar-refractivity contribution in [3.63, 3.8) is 0 Å². The molecule has 1 aromatic carbocycles. The molecule has 4 nitrogen and oxygen atoms in total. The van der Waals surface area contributed by atoms with Crippen LogP contribution in [0.25, 0.3) is 0 Å². The fraction of sp³-hybridized carbons (Fsp3) is 0.571. The summed E-state index contributed by atoms with van der Waals surface area (Å²) in [6.45, 7) is 3.24. The van der Waals surface area contributed by atoms with Crippen LogP contribution in [0, 0.1) is 5.41 Å². The Hall–Kier alpha value is -0.910. The van der Waals surface area contributed by atoms with Crippen LogP contribution in [-0.2, 0) is 16.4 Å². The Kier molecular flexibility index (Phi) is 4.28. The molecule has 0 atom stereocenters. The van der Waals surface area contributed by atoms with E-state index in [4.69, 9.17) is 5.73 Å². The van der Waals surface area contributed by atoms with Gasteiger partial charge in [0, 0.05) is 6.54 Å². The molecule has 0 saturated heterocycles. The molecule has 0 unspecified atom stereocenters. The molecule has 0 radical (unpaired) electrons. The van der Waals surface area contributed by atoms with Crippen LogP contribution < -0.4 is 10.5 Å².